The highest BCUT2D eigenvalue weighted by molar-refractivity contribution is 6.30. The van der Waals surface area contributed by atoms with Crippen molar-refractivity contribution in [3.05, 3.63) is 17.4 Å². The van der Waals surface area contributed by atoms with Crippen molar-refractivity contribution in [2.45, 2.75) is 13.0 Å². The minimum Gasteiger partial charge on any atom is -0.467 e. The summed E-state index contributed by atoms with van der Waals surface area (Å²) in [4.78, 5) is 11.0. The second-order valence-electron chi connectivity index (χ2n) is 2.34. The average molecular weight is 189 g/mol. The molecule has 1 rings (SSSR count). The van der Waals surface area contributed by atoms with E-state index in [4.69, 9.17) is 11.6 Å². The molecule has 0 fully saturated rings. The molecule has 0 N–H and O–H groups in total. The van der Waals surface area contributed by atoms with Gasteiger partial charge in [0.25, 0.3) is 0 Å². The van der Waals surface area contributed by atoms with E-state index in [1.54, 1.807) is 13.1 Å². The molecule has 0 spiro atoms. The van der Waals surface area contributed by atoms with Gasteiger partial charge in [0.15, 0.2) is 0 Å². The summed E-state index contributed by atoms with van der Waals surface area (Å²) in [6.45, 7) is 1.69. The molecule has 0 amide bonds. The van der Waals surface area contributed by atoms with Crippen LogP contribution in [0.5, 0.6) is 0 Å². The van der Waals surface area contributed by atoms with Gasteiger partial charge >= 0.3 is 5.97 Å². The summed E-state index contributed by atoms with van der Waals surface area (Å²) >= 11 is 5.62. The lowest BCUT2D eigenvalue weighted by Crippen LogP contribution is -2.17. The molecule has 0 aliphatic heterocycles. The molecule has 12 heavy (non-hydrogen) atoms. The molecule has 66 valence electrons. The predicted molar refractivity (Wildman–Crippen MR) is 44.0 cm³/mol. The summed E-state index contributed by atoms with van der Waals surface area (Å²) in [7, 11) is 1.34. The summed E-state index contributed by atoms with van der Waals surface area (Å²) in [5, 5.41) is 4.37. The van der Waals surface area contributed by atoms with Crippen LogP contribution >= 0.6 is 11.6 Å². The van der Waals surface area contributed by atoms with E-state index in [1.165, 1.54) is 18.0 Å². The Balaban J connectivity index is 2.77. The highest BCUT2D eigenvalue weighted by atomic mass is 35.5. The van der Waals surface area contributed by atoms with Gasteiger partial charge in [0.2, 0.25) is 0 Å². The first-order valence-electron chi connectivity index (χ1n) is 3.42. The first-order valence-corrected chi connectivity index (χ1v) is 3.80. The van der Waals surface area contributed by atoms with Crippen molar-refractivity contribution < 1.29 is 9.53 Å². The molecule has 0 saturated carbocycles. The Morgan fingerprint density at radius 1 is 1.83 bits per heavy atom. The largest absolute Gasteiger partial charge is 0.467 e. The van der Waals surface area contributed by atoms with Gasteiger partial charge in [-0.15, -0.1) is 0 Å². The number of halogens is 1. The molecule has 0 aliphatic rings. The Morgan fingerprint density at radius 3 is 2.92 bits per heavy atom. The third-order valence-electron chi connectivity index (χ3n) is 1.51. The van der Waals surface area contributed by atoms with Gasteiger partial charge in [-0.3, -0.25) is 4.68 Å². The smallest absolute Gasteiger partial charge is 0.330 e. The third kappa shape index (κ3) is 1.76. The van der Waals surface area contributed by atoms with Crippen molar-refractivity contribution in [2.75, 3.05) is 7.11 Å². The lowest BCUT2D eigenvalue weighted by molar-refractivity contribution is -0.144. The topological polar surface area (TPSA) is 44.1 Å². The summed E-state index contributed by atoms with van der Waals surface area (Å²) in [5.74, 6) is -0.338. The lowest BCUT2D eigenvalue weighted by atomic mass is 10.3. The van der Waals surface area contributed by atoms with Gasteiger partial charge < -0.3 is 4.74 Å². The van der Waals surface area contributed by atoms with Crippen molar-refractivity contribution in [3.63, 3.8) is 0 Å². The summed E-state index contributed by atoms with van der Waals surface area (Å²) in [5.41, 5.74) is 0. The molecule has 1 aromatic heterocycles. The Labute approximate surface area is 75.1 Å². The quantitative estimate of drug-likeness (QED) is 0.657. The van der Waals surface area contributed by atoms with Gasteiger partial charge in [0.05, 0.1) is 18.3 Å². The maximum absolute atomic E-state index is 11.0. The highest BCUT2D eigenvalue weighted by Gasteiger charge is 2.15. The van der Waals surface area contributed by atoms with Gasteiger partial charge in [-0.25, -0.2) is 4.79 Å². The van der Waals surface area contributed by atoms with Crippen molar-refractivity contribution in [2.24, 2.45) is 0 Å². The van der Waals surface area contributed by atoms with Crippen molar-refractivity contribution in [3.8, 4) is 0 Å². The first kappa shape index (κ1) is 9.06. The number of methoxy groups -OCH3 is 1. The van der Waals surface area contributed by atoms with Crippen LogP contribution in [0.2, 0.25) is 5.02 Å². The summed E-state index contributed by atoms with van der Waals surface area (Å²) in [6.07, 6.45) is 3.05. The number of esters is 1. The van der Waals surface area contributed by atoms with Crippen LogP contribution in [0.1, 0.15) is 13.0 Å². The van der Waals surface area contributed by atoms with Crippen molar-refractivity contribution in [1.29, 1.82) is 0 Å². The Kier molecular flexibility index (Phi) is 2.70. The zero-order valence-corrected chi connectivity index (χ0v) is 7.58. The molecule has 0 aliphatic carbocycles. The molecule has 0 radical (unpaired) electrons. The molecule has 1 unspecified atom stereocenters. The predicted octanol–water partition coefficient (Wildman–Crippen LogP) is 1.27. The van der Waals surface area contributed by atoms with Crippen LogP contribution in [-0.2, 0) is 9.53 Å². The fourth-order valence-electron chi connectivity index (χ4n) is 0.805. The fourth-order valence-corrected chi connectivity index (χ4v) is 0.949. The van der Waals surface area contributed by atoms with Crippen LogP contribution in [0.4, 0.5) is 0 Å². The molecular weight excluding hydrogens is 180 g/mol. The number of rotatable bonds is 2. The number of ether oxygens (including phenoxy) is 1. The zero-order chi connectivity index (χ0) is 9.14. The average Bonchev–Trinajstić information content (AvgIpc) is 2.49. The molecule has 0 saturated heterocycles. The van der Waals surface area contributed by atoms with Crippen molar-refractivity contribution in [1.82, 2.24) is 9.78 Å². The van der Waals surface area contributed by atoms with E-state index in [2.05, 4.69) is 9.84 Å². The maximum Gasteiger partial charge on any atom is 0.330 e. The normalized spacial score (nSPS) is 12.6. The molecule has 1 heterocycles. The van der Waals surface area contributed by atoms with Gasteiger partial charge in [0.1, 0.15) is 6.04 Å². The van der Waals surface area contributed by atoms with Crippen molar-refractivity contribution >= 4 is 17.6 Å². The first-order chi connectivity index (χ1) is 5.65. The van der Waals surface area contributed by atoms with Gasteiger partial charge in [0, 0.05) is 6.20 Å². The second-order valence-corrected chi connectivity index (χ2v) is 2.77. The zero-order valence-electron chi connectivity index (χ0n) is 6.82. The Hall–Kier alpha value is -1.03. The van der Waals surface area contributed by atoms with Crippen LogP contribution in [-0.4, -0.2) is 22.9 Å². The van der Waals surface area contributed by atoms with E-state index >= 15 is 0 Å². The highest BCUT2D eigenvalue weighted by Crippen LogP contribution is 2.11. The molecular formula is C7H9ClN2O2. The molecule has 4 nitrogen and oxygen atoms in total. The summed E-state index contributed by atoms with van der Waals surface area (Å²) < 4.78 is 5.99. The molecule has 0 bridgehead atoms. The van der Waals surface area contributed by atoms with Crippen LogP contribution < -0.4 is 0 Å². The number of carbonyl (C=O) groups is 1. The van der Waals surface area contributed by atoms with Crippen LogP contribution in [0, 0.1) is 0 Å². The van der Waals surface area contributed by atoms with E-state index in [0.717, 1.165) is 0 Å². The van der Waals surface area contributed by atoms with Gasteiger partial charge in [-0.05, 0) is 6.92 Å². The second kappa shape index (κ2) is 3.58. The summed E-state index contributed by atoms with van der Waals surface area (Å²) in [6, 6.07) is -0.428. The molecule has 0 aromatic carbocycles. The molecule has 5 heteroatoms. The number of hydrogen-bond donors (Lipinski definition) is 0. The van der Waals surface area contributed by atoms with E-state index in [-0.39, 0.29) is 5.97 Å². The van der Waals surface area contributed by atoms with Crippen LogP contribution in [0.15, 0.2) is 12.4 Å². The van der Waals surface area contributed by atoms with E-state index in [9.17, 15) is 4.79 Å². The van der Waals surface area contributed by atoms with Crippen LogP contribution in [0.25, 0.3) is 0 Å². The minimum atomic E-state index is -0.428. The third-order valence-corrected chi connectivity index (χ3v) is 1.70. The van der Waals surface area contributed by atoms with E-state index in [0.29, 0.717) is 5.02 Å². The monoisotopic (exact) mass is 188 g/mol. The maximum atomic E-state index is 11.0. The number of hydrogen-bond acceptors (Lipinski definition) is 3. The Morgan fingerprint density at radius 2 is 2.50 bits per heavy atom. The minimum absolute atomic E-state index is 0.338. The van der Waals surface area contributed by atoms with E-state index < -0.39 is 6.04 Å². The lowest BCUT2D eigenvalue weighted by Gasteiger charge is -2.08. The van der Waals surface area contributed by atoms with Gasteiger partial charge in [-0.1, -0.05) is 11.6 Å². The van der Waals surface area contributed by atoms with Gasteiger partial charge in [-0.2, -0.15) is 5.10 Å². The standard InChI is InChI=1S/C7H9ClN2O2/c1-5(7(11)12-2)10-4-6(8)3-9-10/h3-5H,1-2H3. The van der Waals surface area contributed by atoms with E-state index in [1.807, 2.05) is 0 Å². The fraction of sp³-hybridized carbons (Fsp3) is 0.429. The number of aromatic nitrogens is 2. The molecule has 1 aromatic rings. The van der Waals surface area contributed by atoms with Crippen LogP contribution in [0.3, 0.4) is 0 Å². The number of carbonyl (C=O) groups excluding carboxylic acids is 1. The molecule has 1 atom stereocenters. The SMILES string of the molecule is COC(=O)C(C)n1cc(Cl)cn1. The number of nitrogens with zero attached hydrogens (tertiary/aromatic N) is 2. The Bertz CT molecular complexity index is 285.